The van der Waals surface area contributed by atoms with Crippen molar-refractivity contribution in [3.63, 3.8) is 0 Å². The SMILES string of the molecule is C[C@@H](NCC(=O)NC(C)(C)C)c1cccc(Br)c1. The molecule has 0 heterocycles. The Hall–Kier alpha value is -0.870. The van der Waals surface area contributed by atoms with Gasteiger partial charge in [-0.3, -0.25) is 4.79 Å². The second-order valence-corrected chi connectivity index (χ2v) is 6.37. The summed E-state index contributed by atoms with van der Waals surface area (Å²) in [5.74, 6) is 0.0179. The molecule has 18 heavy (non-hydrogen) atoms. The molecule has 100 valence electrons. The van der Waals surface area contributed by atoms with Crippen molar-refractivity contribution < 1.29 is 4.79 Å². The van der Waals surface area contributed by atoms with Crippen LogP contribution >= 0.6 is 15.9 Å². The van der Waals surface area contributed by atoms with Gasteiger partial charge in [0.15, 0.2) is 0 Å². The fraction of sp³-hybridized carbons (Fsp3) is 0.500. The third-order valence-corrected chi connectivity index (χ3v) is 2.93. The number of rotatable bonds is 4. The molecule has 3 nitrogen and oxygen atoms in total. The second-order valence-electron chi connectivity index (χ2n) is 5.46. The summed E-state index contributed by atoms with van der Waals surface area (Å²) in [7, 11) is 0. The Labute approximate surface area is 117 Å². The van der Waals surface area contributed by atoms with E-state index in [4.69, 9.17) is 0 Å². The van der Waals surface area contributed by atoms with Crippen molar-refractivity contribution >= 4 is 21.8 Å². The highest BCUT2D eigenvalue weighted by atomic mass is 79.9. The first-order valence-corrected chi connectivity index (χ1v) is 6.87. The van der Waals surface area contributed by atoms with Crippen LogP contribution in [0.3, 0.4) is 0 Å². The van der Waals surface area contributed by atoms with Crippen molar-refractivity contribution in [2.45, 2.75) is 39.3 Å². The van der Waals surface area contributed by atoms with Crippen LogP contribution in [-0.2, 0) is 4.79 Å². The second kappa shape index (κ2) is 6.34. The normalized spacial score (nSPS) is 13.2. The van der Waals surface area contributed by atoms with Gasteiger partial charge in [0.25, 0.3) is 0 Å². The van der Waals surface area contributed by atoms with Crippen molar-refractivity contribution in [3.8, 4) is 0 Å². The Balaban J connectivity index is 2.46. The first-order valence-electron chi connectivity index (χ1n) is 6.08. The predicted octanol–water partition coefficient (Wildman–Crippen LogP) is 3.01. The van der Waals surface area contributed by atoms with Gasteiger partial charge in [0.1, 0.15) is 0 Å². The number of carbonyl (C=O) groups is 1. The molecule has 4 heteroatoms. The lowest BCUT2D eigenvalue weighted by Crippen LogP contribution is -2.45. The number of hydrogen-bond acceptors (Lipinski definition) is 2. The molecular weight excluding hydrogens is 292 g/mol. The number of halogens is 1. The molecule has 0 saturated heterocycles. The fourth-order valence-electron chi connectivity index (χ4n) is 1.60. The highest BCUT2D eigenvalue weighted by Gasteiger charge is 2.14. The van der Waals surface area contributed by atoms with Crippen LogP contribution in [0, 0.1) is 0 Å². The number of carbonyl (C=O) groups excluding carboxylic acids is 1. The summed E-state index contributed by atoms with van der Waals surface area (Å²) in [5.41, 5.74) is 0.977. The Morgan fingerprint density at radius 3 is 2.61 bits per heavy atom. The van der Waals surface area contributed by atoms with E-state index in [9.17, 15) is 4.79 Å². The molecule has 0 aromatic heterocycles. The zero-order chi connectivity index (χ0) is 13.8. The number of amides is 1. The van der Waals surface area contributed by atoms with Crippen molar-refractivity contribution in [2.75, 3.05) is 6.54 Å². The van der Waals surface area contributed by atoms with E-state index in [1.54, 1.807) is 0 Å². The third kappa shape index (κ3) is 5.65. The van der Waals surface area contributed by atoms with Crippen LogP contribution in [0.2, 0.25) is 0 Å². The van der Waals surface area contributed by atoms with E-state index in [1.807, 2.05) is 45.9 Å². The van der Waals surface area contributed by atoms with E-state index in [0.29, 0.717) is 6.54 Å². The summed E-state index contributed by atoms with van der Waals surface area (Å²) in [4.78, 5) is 11.7. The van der Waals surface area contributed by atoms with Gasteiger partial charge in [-0.05, 0) is 45.4 Å². The van der Waals surface area contributed by atoms with Gasteiger partial charge in [0.2, 0.25) is 5.91 Å². The molecule has 0 saturated carbocycles. The van der Waals surface area contributed by atoms with E-state index in [-0.39, 0.29) is 17.5 Å². The monoisotopic (exact) mass is 312 g/mol. The summed E-state index contributed by atoms with van der Waals surface area (Å²) >= 11 is 3.44. The molecule has 1 rings (SSSR count). The number of nitrogens with one attached hydrogen (secondary N) is 2. The average molecular weight is 313 g/mol. The Morgan fingerprint density at radius 2 is 2.06 bits per heavy atom. The van der Waals surface area contributed by atoms with Gasteiger partial charge in [-0.15, -0.1) is 0 Å². The quantitative estimate of drug-likeness (QED) is 0.897. The highest BCUT2D eigenvalue weighted by Crippen LogP contribution is 2.17. The van der Waals surface area contributed by atoms with E-state index >= 15 is 0 Å². The summed E-state index contributed by atoms with van der Waals surface area (Å²) in [6.07, 6.45) is 0. The van der Waals surface area contributed by atoms with Crippen LogP contribution in [0.5, 0.6) is 0 Å². The van der Waals surface area contributed by atoms with E-state index < -0.39 is 0 Å². The molecular formula is C14H21BrN2O. The minimum Gasteiger partial charge on any atom is -0.350 e. The Bertz CT molecular complexity index is 413. The smallest absolute Gasteiger partial charge is 0.234 e. The molecule has 1 atom stereocenters. The van der Waals surface area contributed by atoms with Crippen molar-refractivity contribution in [1.82, 2.24) is 10.6 Å². The molecule has 0 spiro atoms. The van der Waals surface area contributed by atoms with Gasteiger partial charge in [0.05, 0.1) is 6.54 Å². The molecule has 0 aliphatic heterocycles. The molecule has 0 aliphatic rings. The van der Waals surface area contributed by atoms with Crippen LogP contribution in [0.25, 0.3) is 0 Å². The van der Waals surface area contributed by atoms with Crippen molar-refractivity contribution in [1.29, 1.82) is 0 Å². The van der Waals surface area contributed by atoms with Gasteiger partial charge < -0.3 is 10.6 Å². The van der Waals surface area contributed by atoms with Crippen LogP contribution in [0.15, 0.2) is 28.7 Å². The first-order chi connectivity index (χ1) is 8.28. The maximum Gasteiger partial charge on any atom is 0.234 e. The predicted molar refractivity (Wildman–Crippen MR) is 78.5 cm³/mol. The van der Waals surface area contributed by atoms with Crippen LogP contribution in [0.1, 0.15) is 39.3 Å². The fourth-order valence-corrected chi connectivity index (χ4v) is 2.02. The standard InChI is InChI=1S/C14H21BrN2O/c1-10(11-6-5-7-12(15)8-11)16-9-13(18)17-14(2,3)4/h5-8,10,16H,9H2,1-4H3,(H,17,18)/t10-/m1/s1. The lowest BCUT2D eigenvalue weighted by Gasteiger charge is -2.21. The Morgan fingerprint density at radius 1 is 1.39 bits per heavy atom. The maximum absolute atomic E-state index is 11.7. The van der Waals surface area contributed by atoms with Crippen LogP contribution in [-0.4, -0.2) is 18.0 Å². The van der Waals surface area contributed by atoms with Crippen molar-refractivity contribution in [3.05, 3.63) is 34.3 Å². The van der Waals surface area contributed by atoms with E-state index in [0.717, 1.165) is 10.0 Å². The molecule has 1 aromatic carbocycles. The molecule has 0 radical (unpaired) electrons. The first kappa shape index (κ1) is 15.2. The van der Waals surface area contributed by atoms with Gasteiger partial charge in [-0.1, -0.05) is 28.1 Å². The number of hydrogen-bond donors (Lipinski definition) is 2. The molecule has 0 aliphatic carbocycles. The van der Waals surface area contributed by atoms with Gasteiger partial charge in [-0.25, -0.2) is 0 Å². The molecule has 0 bridgehead atoms. The van der Waals surface area contributed by atoms with Crippen molar-refractivity contribution in [2.24, 2.45) is 0 Å². The largest absolute Gasteiger partial charge is 0.350 e. The topological polar surface area (TPSA) is 41.1 Å². The van der Waals surface area contributed by atoms with E-state index in [1.165, 1.54) is 0 Å². The Kier molecular flexibility index (Phi) is 5.35. The summed E-state index contributed by atoms with van der Waals surface area (Å²) in [6.45, 7) is 8.30. The van der Waals surface area contributed by atoms with Gasteiger partial charge >= 0.3 is 0 Å². The lowest BCUT2D eigenvalue weighted by molar-refractivity contribution is -0.121. The lowest BCUT2D eigenvalue weighted by atomic mass is 10.1. The number of benzene rings is 1. The third-order valence-electron chi connectivity index (χ3n) is 2.43. The minimum absolute atomic E-state index is 0.0179. The highest BCUT2D eigenvalue weighted by molar-refractivity contribution is 9.10. The molecule has 0 fully saturated rings. The molecule has 1 aromatic rings. The van der Waals surface area contributed by atoms with E-state index in [2.05, 4.69) is 32.6 Å². The molecule has 2 N–H and O–H groups in total. The minimum atomic E-state index is -0.183. The summed E-state index contributed by atoms with van der Waals surface area (Å²) in [5, 5.41) is 6.14. The molecule has 0 unspecified atom stereocenters. The zero-order valence-electron chi connectivity index (χ0n) is 11.4. The van der Waals surface area contributed by atoms with Crippen LogP contribution < -0.4 is 10.6 Å². The summed E-state index contributed by atoms with van der Waals surface area (Å²) in [6, 6.07) is 8.23. The maximum atomic E-state index is 11.7. The summed E-state index contributed by atoms with van der Waals surface area (Å²) < 4.78 is 1.05. The zero-order valence-corrected chi connectivity index (χ0v) is 13.0. The average Bonchev–Trinajstić information content (AvgIpc) is 2.23. The van der Waals surface area contributed by atoms with Crippen LogP contribution in [0.4, 0.5) is 0 Å². The van der Waals surface area contributed by atoms with Gasteiger partial charge in [-0.2, -0.15) is 0 Å². The molecule has 1 amide bonds. The van der Waals surface area contributed by atoms with Gasteiger partial charge in [0, 0.05) is 16.1 Å².